The molecule has 2 aromatic carbocycles. The van der Waals surface area contributed by atoms with E-state index < -0.39 is 11.6 Å². The van der Waals surface area contributed by atoms with Gasteiger partial charge in [0.05, 0.1) is 0 Å². The smallest absolute Gasteiger partial charge is 0.324 e. The molecule has 1 aliphatic heterocycles. The molecule has 0 unspecified atom stereocenters. The lowest BCUT2D eigenvalue weighted by atomic mass is 9.76. The number of anilines is 1. The summed E-state index contributed by atoms with van der Waals surface area (Å²) in [5.74, 6) is -0.719. The molecule has 4 rings (SSSR count). The number of imide groups is 1. The first-order chi connectivity index (χ1) is 14.0. The molecule has 150 valence electrons. The van der Waals surface area contributed by atoms with Crippen molar-refractivity contribution in [3.05, 3.63) is 64.7 Å². The van der Waals surface area contributed by atoms with E-state index in [1.807, 2.05) is 56.3 Å². The Morgan fingerprint density at radius 2 is 1.97 bits per heavy atom. The van der Waals surface area contributed by atoms with Crippen LogP contribution in [0, 0.1) is 6.92 Å². The van der Waals surface area contributed by atoms with Gasteiger partial charge < -0.3 is 10.6 Å². The maximum absolute atomic E-state index is 13.3. The van der Waals surface area contributed by atoms with Gasteiger partial charge in [0.2, 0.25) is 5.91 Å². The van der Waals surface area contributed by atoms with Crippen LogP contribution in [0.15, 0.2) is 42.5 Å². The Kier molecular flexibility index (Phi) is 4.86. The number of hydrogen-bond acceptors (Lipinski definition) is 3. The summed E-state index contributed by atoms with van der Waals surface area (Å²) in [5.41, 5.74) is 3.60. The number of fused-ring (bicyclic) bond motifs is 2. The number of nitrogens with zero attached hydrogens (tertiary/aromatic N) is 1. The Morgan fingerprint density at radius 3 is 2.76 bits per heavy atom. The van der Waals surface area contributed by atoms with E-state index in [-0.39, 0.29) is 18.4 Å². The minimum Gasteiger partial charge on any atom is -0.324 e. The van der Waals surface area contributed by atoms with E-state index in [0.29, 0.717) is 6.42 Å². The zero-order valence-electron chi connectivity index (χ0n) is 16.7. The van der Waals surface area contributed by atoms with Crippen LogP contribution >= 0.6 is 0 Å². The third kappa shape index (κ3) is 3.18. The summed E-state index contributed by atoms with van der Waals surface area (Å²) in [6.07, 6.45) is 3.02. The number of rotatable bonds is 4. The maximum atomic E-state index is 13.3. The van der Waals surface area contributed by atoms with E-state index in [1.165, 1.54) is 0 Å². The molecule has 1 saturated heterocycles. The summed E-state index contributed by atoms with van der Waals surface area (Å²) in [6, 6.07) is 13.0. The van der Waals surface area contributed by atoms with Crippen LogP contribution in [0.4, 0.5) is 10.5 Å². The normalized spacial score (nSPS) is 20.6. The molecule has 1 aliphatic carbocycles. The number of amides is 4. The average Bonchev–Trinajstić information content (AvgIpc) is 2.94. The molecule has 2 N–H and O–H groups in total. The van der Waals surface area contributed by atoms with Gasteiger partial charge in [-0.05, 0) is 54.9 Å². The first-order valence-corrected chi connectivity index (χ1v) is 10.1. The first kappa shape index (κ1) is 19.2. The van der Waals surface area contributed by atoms with Crippen molar-refractivity contribution < 1.29 is 14.4 Å². The Balaban J connectivity index is 1.56. The maximum Gasteiger partial charge on any atom is 0.325 e. The van der Waals surface area contributed by atoms with Crippen LogP contribution in [0.5, 0.6) is 0 Å². The van der Waals surface area contributed by atoms with Crippen molar-refractivity contribution >= 4 is 23.5 Å². The molecule has 0 bridgehead atoms. The predicted molar refractivity (Wildman–Crippen MR) is 110 cm³/mol. The molecule has 6 heteroatoms. The van der Waals surface area contributed by atoms with Crippen LogP contribution < -0.4 is 10.6 Å². The molecule has 2 aliphatic rings. The third-order valence-corrected chi connectivity index (χ3v) is 5.96. The van der Waals surface area contributed by atoms with Gasteiger partial charge in [0.1, 0.15) is 12.1 Å². The fourth-order valence-electron chi connectivity index (χ4n) is 4.48. The number of urea groups is 1. The zero-order chi connectivity index (χ0) is 20.6. The number of para-hydroxylation sites is 1. The van der Waals surface area contributed by atoms with Crippen LogP contribution in [0.25, 0.3) is 0 Å². The van der Waals surface area contributed by atoms with E-state index in [2.05, 4.69) is 10.6 Å². The van der Waals surface area contributed by atoms with E-state index in [4.69, 9.17) is 0 Å². The van der Waals surface area contributed by atoms with Gasteiger partial charge in [-0.2, -0.15) is 0 Å². The molecule has 0 aromatic heterocycles. The number of hydrogen-bond donors (Lipinski definition) is 2. The predicted octanol–water partition coefficient (Wildman–Crippen LogP) is 3.28. The molecular formula is C23H25N3O3. The second-order valence-electron chi connectivity index (χ2n) is 7.75. The minimum atomic E-state index is -1.05. The SMILES string of the molecule is CCc1cccc(C)c1NC(=O)CN1C(=O)N[C@@]2(CCCc3ccccc32)C1=O. The molecule has 6 nitrogen and oxygen atoms in total. The summed E-state index contributed by atoms with van der Waals surface area (Å²) >= 11 is 0. The molecular weight excluding hydrogens is 366 g/mol. The van der Waals surface area contributed by atoms with Crippen LogP contribution in [0.2, 0.25) is 0 Å². The lowest BCUT2D eigenvalue weighted by Crippen LogP contribution is -2.47. The Hall–Kier alpha value is -3.15. The first-order valence-electron chi connectivity index (χ1n) is 10.1. The number of benzene rings is 2. The molecule has 4 amide bonds. The van der Waals surface area contributed by atoms with Gasteiger partial charge in [-0.15, -0.1) is 0 Å². The number of aryl methyl sites for hydroxylation is 3. The summed E-state index contributed by atoms with van der Waals surface area (Å²) < 4.78 is 0. The molecule has 1 heterocycles. The van der Waals surface area contributed by atoms with Crippen molar-refractivity contribution in [3.8, 4) is 0 Å². The molecule has 0 radical (unpaired) electrons. The highest BCUT2D eigenvalue weighted by molar-refractivity contribution is 6.10. The highest BCUT2D eigenvalue weighted by Crippen LogP contribution is 2.39. The molecule has 2 aromatic rings. The second-order valence-corrected chi connectivity index (χ2v) is 7.75. The summed E-state index contributed by atoms with van der Waals surface area (Å²) in [5, 5.41) is 5.78. The standard InChI is InChI=1S/C23H25N3O3/c1-3-16-10-6-8-15(2)20(16)24-19(27)14-26-21(28)23(25-22(26)29)13-7-11-17-9-4-5-12-18(17)23/h4-6,8-10,12H,3,7,11,13-14H2,1-2H3,(H,24,27)(H,25,29)/t23-/m1/s1. The van der Waals surface area contributed by atoms with E-state index in [1.54, 1.807) is 0 Å². The number of nitrogens with one attached hydrogen (secondary N) is 2. The van der Waals surface area contributed by atoms with E-state index in [0.717, 1.165) is 52.1 Å². The zero-order valence-corrected chi connectivity index (χ0v) is 16.7. The van der Waals surface area contributed by atoms with E-state index >= 15 is 0 Å². The monoisotopic (exact) mass is 391 g/mol. The molecule has 0 saturated carbocycles. The van der Waals surface area contributed by atoms with Gasteiger partial charge in [-0.1, -0.05) is 49.4 Å². The highest BCUT2D eigenvalue weighted by atomic mass is 16.2. The lowest BCUT2D eigenvalue weighted by Gasteiger charge is -2.33. The van der Waals surface area contributed by atoms with Crippen molar-refractivity contribution in [2.45, 2.75) is 45.1 Å². The van der Waals surface area contributed by atoms with Crippen LogP contribution in [-0.2, 0) is 28.0 Å². The van der Waals surface area contributed by atoms with Crippen LogP contribution in [0.3, 0.4) is 0 Å². The fraction of sp³-hybridized carbons (Fsp3) is 0.348. The van der Waals surface area contributed by atoms with Crippen molar-refractivity contribution in [1.29, 1.82) is 0 Å². The van der Waals surface area contributed by atoms with Crippen LogP contribution in [0.1, 0.15) is 42.0 Å². The lowest BCUT2D eigenvalue weighted by molar-refractivity contribution is -0.134. The molecule has 29 heavy (non-hydrogen) atoms. The van der Waals surface area contributed by atoms with Crippen molar-refractivity contribution in [2.24, 2.45) is 0 Å². The number of carbonyl (C=O) groups is 3. The Bertz CT molecular complexity index is 1000. The molecule has 1 spiro atoms. The minimum absolute atomic E-state index is 0.300. The van der Waals surface area contributed by atoms with Gasteiger partial charge in [0.25, 0.3) is 5.91 Å². The fourth-order valence-corrected chi connectivity index (χ4v) is 4.48. The molecule has 1 fully saturated rings. The average molecular weight is 391 g/mol. The van der Waals surface area contributed by atoms with Gasteiger partial charge in [-0.3, -0.25) is 14.5 Å². The summed E-state index contributed by atoms with van der Waals surface area (Å²) in [7, 11) is 0. The Labute approximate surface area is 170 Å². The van der Waals surface area contributed by atoms with Gasteiger partial charge in [0, 0.05) is 5.69 Å². The topological polar surface area (TPSA) is 78.5 Å². The summed E-state index contributed by atoms with van der Waals surface area (Å²) in [6.45, 7) is 3.65. The third-order valence-electron chi connectivity index (χ3n) is 5.96. The number of carbonyl (C=O) groups excluding carboxylic acids is 3. The van der Waals surface area contributed by atoms with Gasteiger partial charge >= 0.3 is 6.03 Å². The largest absolute Gasteiger partial charge is 0.325 e. The van der Waals surface area contributed by atoms with Crippen LogP contribution in [-0.4, -0.2) is 29.3 Å². The van der Waals surface area contributed by atoms with Gasteiger partial charge in [0.15, 0.2) is 0 Å². The van der Waals surface area contributed by atoms with Gasteiger partial charge in [-0.25, -0.2) is 4.79 Å². The Morgan fingerprint density at radius 1 is 1.17 bits per heavy atom. The highest BCUT2D eigenvalue weighted by Gasteiger charge is 2.54. The summed E-state index contributed by atoms with van der Waals surface area (Å²) in [4.78, 5) is 39.7. The second kappa shape index (κ2) is 7.35. The molecule has 1 atom stereocenters. The van der Waals surface area contributed by atoms with Crippen molar-refractivity contribution in [1.82, 2.24) is 10.2 Å². The van der Waals surface area contributed by atoms with Crippen molar-refractivity contribution in [2.75, 3.05) is 11.9 Å². The van der Waals surface area contributed by atoms with E-state index in [9.17, 15) is 14.4 Å². The van der Waals surface area contributed by atoms with Crippen molar-refractivity contribution in [3.63, 3.8) is 0 Å². The quantitative estimate of drug-likeness (QED) is 0.785.